The van der Waals surface area contributed by atoms with E-state index < -0.39 is 0 Å². The van der Waals surface area contributed by atoms with Crippen LogP contribution in [0, 0.1) is 0 Å². The number of nitrogens with zero attached hydrogens (tertiary/aromatic N) is 1. The fraction of sp³-hybridized carbons (Fsp3) is 0. The van der Waals surface area contributed by atoms with Crippen molar-refractivity contribution < 1.29 is 26.1 Å². The van der Waals surface area contributed by atoms with Gasteiger partial charge in [-0.05, 0) is 0 Å². The van der Waals surface area contributed by atoms with Crippen molar-refractivity contribution >= 4 is 20.5 Å². The first-order chi connectivity index (χ1) is 4.81. The van der Waals surface area contributed by atoms with Gasteiger partial charge >= 0.3 is 59.5 Å². The van der Waals surface area contributed by atoms with E-state index in [2.05, 4.69) is 42.5 Å². The molecule has 0 saturated heterocycles. The van der Waals surface area contributed by atoms with Crippen LogP contribution >= 0.6 is 12.2 Å². The third kappa shape index (κ3) is 6.08. The molecule has 0 aromatic heterocycles. The van der Waals surface area contributed by atoms with Gasteiger partial charge in [-0.1, -0.05) is 12.2 Å². The SMILES string of the molecule is [Hg+][c]1ccccc1.[N-]=C=S. The van der Waals surface area contributed by atoms with Crippen molar-refractivity contribution in [2.24, 2.45) is 0 Å². The fourth-order valence-electron chi connectivity index (χ4n) is 0.478. The Morgan fingerprint density at radius 3 is 1.90 bits per heavy atom. The van der Waals surface area contributed by atoms with E-state index in [1.807, 2.05) is 0 Å². The third-order valence-electron chi connectivity index (χ3n) is 0.843. The van der Waals surface area contributed by atoms with Crippen molar-refractivity contribution in [3.63, 3.8) is 0 Å². The van der Waals surface area contributed by atoms with Gasteiger partial charge in [0.15, 0.2) is 0 Å². The molecular formula is C7H5HgNS. The van der Waals surface area contributed by atoms with Crippen molar-refractivity contribution in [2.75, 3.05) is 0 Å². The summed E-state index contributed by atoms with van der Waals surface area (Å²) in [6, 6.07) is 10.6. The molecular weight excluding hydrogens is 331 g/mol. The van der Waals surface area contributed by atoms with Gasteiger partial charge in [0, 0.05) is 0 Å². The predicted octanol–water partition coefficient (Wildman–Crippen LogP) is 1.52. The van der Waals surface area contributed by atoms with Crippen molar-refractivity contribution in [2.45, 2.75) is 0 Å². The monoisotopic (exact) mass is 337 g/mol. The summed E-state index contributed by atoms with van der Waals surface area (Å²) >= 11 is 4.51. The van der Waals surface area contributed by atoms with E-state index in [9.17, 15) is 0 Å². The summed E-state index contributed by atoms with van der Waals surface area (Å²) in [7, 11) is 0. The van der Waals surface area contributed by atoms with Crippen LogP contribution < -0.4 is 3.07 Å². The smallest absolute Gasteiger partial charge is 0.0548 e. The topological polar surface area (TPSA) is 22.3 Å². The van der Waals surface area contributed by atoms with Crippen LogP contribution in [0.3, 0.4) is 0 Å². The summed E-state index contributed by atoms with van der Waals surface area (Å²) in [5.74, 6) is 0. The number of thiocarbonyl (C=S) groups is 1. The molecule has 0 spiro atoms. The van der Waals surface area contributed by atoms with Gasteiger partial charge in [0.25, 0.3) is 0 Å². The number of hydrogen-bond acceptors (Lipinski definition) is 1. The molecule has 1 rings (SSSR count). The summed E-state index contributed by atoms with van der Waals surface area (Å²) in [4.78, 5) is 0. The van der Waals surface area contributed by atoms with Crippen LogP contribution in [0.5, 0.6) is 0 Å². The first-order valence-corrected chi connectivity index (χ1v) is 5.85. The Kier molecular flexibility index (Phi) is 7.03. The van der Waals surface area contributed by atoms with Crippen LogP contribution in [0.25, 0.3) is 5.41 Å². The number of benzene rings is 1. The molecule has 10 heavy (non-hydrogen) atoms. The standard InChI is InChI=1S/C6H5.CNS.Hg/c1-2-4-6-5-3-1;2-1-3;/h1-5H;;/q;-1;+1. The second kappa shape index (κ2) is 7.07. The summed E-state index contributed by atoms with van der Waals surface area (Å²) < 4.78 is 1.52. The van der Waals surface area contributed by atoms with E-state index in [1.165, 1.54) is 8.23 Å². The first-order valence-electron chi connectivity index (χ1n) is 2.69. The van der Waals surface area contributed by atoms with Gasteiger partial charge in [-0.25, -0.2) is 0 Å². The first kappa shape index (κ1) is 9.96. The van der Waals surface area contributed by atoms with E-state index in [0.29, 0.717) is 0 Å². The van der Waals surface area contributed by atoms with Crippen molar-refractivity contribution in [3.05, 3.63) is 35.7 Å². The number of hydrogen-bond donors (Lipinski definition) is 0. The van der Waals surface area contributed by atoms with Gasteiger partial charge in [0.05, 0.1) is 0 Å². The van der Waals surface area contributed by atoms with Crippen molar-refractivity contribution in [1.29, 1.82) is 0 Å². The van der Waals surface area contributed by atoms with E-state index in [4.69, 9.17) is 5.41 Å². The Hall–Kier alpha value is -0.0449. The quantitative estimate of drug-likeness (QED) is 0.400. The average molecular weight is 336 g/mol. The summed E-state index contributed by atoms with van der Waals surface area (Å²) in [5, 5.41) is 8.47. The Balaban J connectivity index is 0.000000236. The Morgan fingerprint density at radius 1 is 1.30 bits per heavy atom. The van der Waals surface area contributed by atoms with E-state index in [-0.39, 0.29) is 0 Å². The zero-order valence-corrected chi connectivity index (χ0v) is 11.8. The fourth-order valence-corrected chi connectivity index (χ4v) is 1.54. The zero-order valence-electron chi connectivity index (χ0n) is 5.45. The molecule has 46 valence electrons. The molecule has 0 aliphatic rings. The minimum Gasteiger partial charge on any atom is -0.753 e. The normalized spacial score (nSPS) is 7.00. The number of rotatable bonds is 0. The molecule has 0 amide bonds. The Morgan fingerprint density at radius 2 is 1.70 bits per heavy atom. The number of isothiocyanates is 1. The second-order valence-electron chi connectivity index (χ2n) is 1.58. The van der Waals surface area contributed by atoms with Gasteiger partial charge in [-0.2, -0.15) is 5.16 Å². The maximum Gasteiger partial charge on any atom is -0.0548 e. The van der Waals surface area contributed by atoms with E-state index in [0.717, 1.165) is 26.1 Å². The molecule has 0 atom stereocenters. The van der Waals surface area contributed by atoms with E-state index >= 15 is 0 Å². The van der Waals surface area contributed by atoms with Gasteiger partial charge in [0.1, 0.15) is 0 Å². The van der Waals surface area contributed by atoms with Gasteiger partial charge in [-0.15, -0.1) is 0 Å². The molecule has 0 aliphatic heterocycles. The van der Waals surface area contributed by atoms with Crippen LogP contribution in [0.1, 0.15) is 0 Å². The molecule has 0 unspecified atom stereocenters. The van der Waals surface area contributed by atoms with Crippen LogP contribution in [-0.2, 0) is 26.1 Å². The van der Waals surface area contributed by atoms with Crippen LogP contribution in [0.2, 0.25) is 0 Å². The minimum absolute atomic E-state index is 0.810. The van der Waals surface area contributed by atoms with Crippen molar-refractivity contribution in [1.82, 2.24) is 0 Å². The molecule has 0 radical (unpaired) electrons. The van der Waals surface area contributed by atoms with Gasteiger partial charge < -0.3 is 5.41 Å². The van der Waals surface area contributed by atoms with E-state index in [1.54, 1.807) is 0 Å². The molecule has 0 N–H and O–H groups in total. The second-order valence-corrected chi connectivity index (χ2v) is 4.93. The maximum absolute atomic E-state index is 7.13. The summed E-state index contributed by atoms with van der Waals surface area (Å²) in [5.41, 5.74) is 0. The van der Waals surface area contributed by atoms with Crippen LogP contribution in [0.15, 0.2) is 30.3 Å². The molecule has 0 heterocycles. The molecule has 1 aromatic rings. The average Bonchev–Trinajstić information content (AvgIpc) is 1.91. The molecule has 1 aromatic carbocycles. The van der Waals surface area contributed by atoms with Crippen molar-refractivity contribution in [3.8, 4) is 0 Å². The molecule has 0 aliphatic carbocycles. The molecule has 0 fully saturated rings. The molecule has 1 nitrogen and oxygen atoms in total. The summed E-state index contributed by atoms with van der Waals surface area (Å²) in [6.45, 7) is 0. The molecule has 0 saturated carbocycles. The summed E-state index contributed by atoms with van der Waals surface area (Å²) in [6.07, 6.45) is 0. The Labute approximate surface area is 81.9 Å². The Bertz CT molecular complexity index is 204. The van der Waals surface area contributed by atoms with Crippen LogP contribution in [-0.4, -0.2) is 5.16 Å². The largest absolute Gasteiger partial charge is 0.753 e. The molecule has 0 bridgehead atoms. The third-order valence-corrected chi connectivity index (χ3v) is 2.68. The van der Waals surface area contributed by atoms with Gasteiger partial charge in [0.2, 0.25) is 0 Å². The van der Waals surface area contributed by atoms with Gasteiger partial charge in [-0.3, -0.25) is 0 Å². The maximum atomic E-state index is 7.13. The van der Waals surface area contributed by atoms with Crippen LogP contribution in [0.4, 0.5) is 0 Å². The molecule has 3 heteroatoms. The minimum atomic E-state index is 0.810. The predicted molar refractivity (Wildman–Crippen MR) is 42.0 cm³/mol. The zero-order chi connectivity index (χ0) is 7.82.